The molecule has 0 unspecified atom stereocenters. The Morgan fingerprint density at radius 3 is 2.43 bits per heavy atom. The lowest BCUT2D eigenvalue weighted by molar-refractivity contribution is 0.582. The van der Waals surface area contributed by atoms with E-state index in [2.05, 4.69) is 4.98 Å². The van der Waals surface area contributed by atoms with Crippen LogP contribution in [0.3, 0.4) is 0 Å². The van der Waals surface area contributed by atoms with Crippen LogP contribution in [0, 0.1) is 17.6 Å². The summed E-state index contributed by atoms with van der Waals surface area (Å²) in [5, 5.41) is 0. The molecule has 0 saturated carbocycles. The summed E-state index contributed by atoms with van der Waals surface area (Å²) in [5.41, 5.74) is 2.07. The Morgan fingerprint density at radius 1 is 1.00 bits per heavy atom. The standard InChI is InChI=1S/C16H11F3N2/c17-13-6-14(18)8-15(7-13)21-5-1-2-12(10-21)11-3-4-16(19)20-9-11/h1-9H,10H2. The smallest absolute Gasteiger partial charge is 0.212 e. The van der Waals surface area contributed by atoms with Gasteiger partial charge in [-0.3, -0.25) is 0 Å². The lowest BCUT2D eigenvalue weighted by Crippen LogP contribution is -2.21. The molecule has 1 aromatic carbocycles. The van der Waals surface area contributed by atoms with Crippen LogP contribution < -0.4 is 4.90 Å². The summed E-state index contributed by atoms with van der Waals surface area (Å²) in [6.07, 6.45) is 6.80. The maximum atomic E-state index is 13.3. The van der Waals surface area contributed by atoms with Gasteiger partial charge in [-0.1, -0.05) is 6.08 Å². The van der Waals surface area contributed by atoms with Gasteiger partial charge < -0.3 is 4.90 Å². The van der Waals surface area contributed by atoms with Crippen molar-refractivity contribution in [2.24, 2.45) is 0 Å². The minimum atomic E-state index is -0.627. The van der Waals surface area contributed by atoms with Crippen molar-refractivity contribution in [1.29, 1.82) is 0 Å². The largest absolute Gasteiger partial charge is 0.343 e. The van der Waals surface area contributed by atoms with E-state index in [1.54, 1.807) is 23.2 Å². The number of anilines is 1. The number of hydrogen-bond acceptors (Lipinski definition) is 2. The molecule has 3 rings (SSSR count). The van der Waals surface area contributed by atoms with E-state index >= 15 is 0 Å². The molecule has 0 atom stereocenters. The first-order valence-electron chi connectivity index (χ1n) is 6.34. The maximum Gasteiger partial charge on any atom is 0.212 e. The highest BCUT2D eigenvalue weighted by Crippen LogP contribution is 2.25. The van der Waals surface area contributed by atoms with Crippen LogP contribution in [0.2, 0.25) is 0 Å². The average molecular weight is 288 g/mol. The van der Waals surface area contributed by atoms with Crippen LogP contribution in [-0.2, 0) is 0 Å². The monoisotopic (exact) mass is 288 g/mol. The summed E-state index contributed by atoms with van der Waals surface area (Å²) in [5.74, 6) is -1.80. The van der Waals surface area contributed by atoms with Gasteiger partial charge in [-0.25, -0.2) is 13.8 Å². The molecular formula is C16H11F3N2. The van der Waals surface area contributed by atoms with E-state index in [4.69, 9.17) is 0 Å². The molecule has 2 aromatic rings. The molecule has 0 N–H and O–H groups in total. The number of rotatable bonds is 2. The number of allylic oxidation sites excluding steroid dienone is 2. The third kappa shape index (κ3) is 2.97. The lowest BCUT2D eigenvalue weighted by Gasteiger charge is -2.25. The Morgan fingerprint density at radius 2 is 1.76 bits per heavy atom. The molecule has 0 aliphatic carbocycles. The molecule has 0 radical (unpaired) electrons. The average Bonchev–Trinajstić information content (AvgIpc) is 2.47. The SMILES string of the molecule is Fc1cc(F)cc(N2C=CC=C(c3ccc(F)nc3)C2)c1. The third-order valence-corrected chi connectivity index (χ3v) is 3.18. The molecule has 0 bridgehead atoms. The Labute approximate surface area is 119 Å². The van der Waals surface area contributed by atoms with Crippen LogP contribution in [0.4, 0.5) is 18.9 Å². The van der Waals surface area contributed by atoms with E-state index in [9.17, 15) is 13.2 Å². The van der Waals surface area contributed by atoms with E-state index in [0.29, 0.717) is 12.2 Å². The molecule has 0 amide bonds. The Bertz CT molecular complexity index is 701. The van der Waals surface area contributed by atoms with Gasteiger partial charge in [-0.05, 0) is 41.5 Å². The number of aromatic nitrogens is 1. The van der Waals surface area contributed by atoms with Crippen molar-refractivity contribution in [1.82, 2.24) is 4.98 Å². The van der Waals surface area contributed by atoms with Crippen LogP contribution in [0.25, 0.3) is 5.57 Å². The van der Waals surface area contributed by atoms with Gasteiger partial charge in [0.1, 0.15) is 11.6 Å². The van der Waals surface area contributed by atoms with Gasteiger partial charge in [0.15, 0.2) is 0 Å². The summed E-state index contributed by atoms with van der Waals surface area (Å²) in [6, 6.07) is 6.26. The van der Waals surface area contributed by atoms with E-state index in [1.165, 1.54) is 24.4 Å². The normalized spacial score (nSPS) is 14.2. The second-order valence-electron chi connectivity index (χ2n) is 4.66. The fraction of sp³-hybridized carbons (Fsp3) is 0.0625. The second kappa shape index (κ2) is 5.44. The van der Waals surface area contributed by atoms with Crippen molar-refractivity contribution in [2.75, 3.05) is 11.4 Å². The van der Waals surface area contributed by atoms with Gasteiger partial charge in [-0.2, -0.15) is 4.39 Å². The van der Waals surface area contributed by atoms with Gasteiger partial charge in [0.2, 0.25) is 5.95 Å². The summed E-state index contributed by atoms with van der Waals surface area (Å²) < 4.78 is 39.4. The first-order chi connectivity index (χ1) is 10.1. The zero-order chi connectivity index (χ0) is 14.8. The lowest BCUT2D eigenvalue weighted by atomic mass is 10.0. The zero-order valence-corrected chi connectivity index (χ0v) is 10.9. The van der Waals surface area contributed by atoms with Gasteiger partial charge >= 0.3 is 0 Å². The number of halogens is 3. The molecule has 0 spiro atoms. The Hall–Kier alpha value is -2.56. The second-order valence-corrected chi connectivity index (χ2v) is 4.66. The molecule has 0 fully saturated rings. The highest BCUT2D eigenvalue weighted by Gasteiger charge is 2.13. The molecule has 2 nitrogen and oxygen atoms in total. The van der Waals surface area contributed by atoms with Gasteiger partial charge in [0.05, 0.1) is 0 Å². The number of hydrogen-bond donors (Lipinski definition) is 0. The summed E-state index contributed by atoms with van der Waals surface area (Å²) >= 11 is 0. The van der Waals surface area contributed by atoms with E-state index in [-0.39, 0.29) is 0 Å². The van der Waals surface area contributed by atoms with E-state index in [1.807, 2.05) is 6.08 Å². The number of nitrogens with zero attached hydrogens (tertiary/aromatic N) is 2. The summed E-state index contributed by atoms with van der Waals surface area (Å²) in [4.78, 5) is 5.32. The molecule has 106 valence electrons. The molecule has 0 saturated heterocycles. The summed E-state index contributed by atoms with van der Waals surface area (Å²) in [6.45, 7) is 0.423. The van der Waals surface area contributed by atoms with Crippen molar-refractivity contribution < 1.29 is 13.2 Å². The van der Waals surface area contributed by atoms with E-state index in [0.717, 1.165) is 17.2 Å². The minimum absolute atomic E-state index is 0.421. The molecule has 21 heavy (non-hydrogen) atoms. The number of pyridine rings is 1. The zero-order valence-electron chi connectivity index (χ0n) is 10.9. The fourth-order valence-electron chi connectivity index (χ4n) is 2.19. The van der Waals surface area contributed by atoms with Gasteiger partial charge in [0, 0.05) is 30.7 Å². The van der Waals surface area contributed by atoms with Crippen LogP contribution in [0.1, 0.15) is 5.56 Å². The highest BCUT2D eigenvalue weighted by molar-refractivity contribution is 5.73. The number of benzene rings is 1. The van der Waals surface area contributed by atoms with E-state index < -0.39 is 17.6 Å². The third-order valence-electron chi connectivity index (χ3n) is 3.18. The van der Waals surface area contributed by atoms with Crippen LogP contribution in [0.5, 0.6) is 0 Å². The molecule has 5 heteroatoms. The quantitative estimate of drug-likeness (QED) is 0.779. The van der Waals surface area contributed by atoms with Crippen LogP contribution in [-0.4, -0.2) is 11.5 Å². The molecule has 2 heterocycles. The van der Waals surface area contributed by atoms with Crippen LogP contribution in [0.15, 0.2) is 54.9 Å². The predicted molar refractivity (Wildman–Crippen MR) is 75.0 cm³/mol. The minimum Gasteiger partial charge on any atom is -0.343 e. The fourth-order valence-corrected chi connectivity index (χ4v) is 2.19. The van der Waals surface area contributed by atoms with Crippen molar-refractivity contribution in [2.45, 2.75) is 0 Å². The Kier molecular flexibility index (Phi) is 3.48. The van der Waals surface area contributed by atoms with Crippen molar-refractivity contribution >= 4 is 11.3 Å². The predicted octanol–water partition coefficient (Wildman–Crippen LogP) is 3.92. The van der Waals surface area contributed by atoms with Gasteiger partial charge in [0.25, 0.3) is 0 Å². The van der Waals surface area contributed by atoms with Crippen LogP contribution >= 0.6 is 0 Å². The van der Waals surface area contributed by atoms with Crippen molar-refractivity contribution in [3.63, 3.8) is 0 Å². The van der Waals surface area contributed by atoms with Gasteiger partial charge in [-0.15, -0.1) is 0 Å². The molecule has 1 aliphatic rings. The first-order valence-corrected chi connectivity index (χ1v) is 6.34. The topological polar surface area (TPSA) is 16.1 Å². The summed E-state index contributed by atoms with van der Waals surface area (Å²) in [7, 11) is 0. The molecule has 1 aliphatic heterocycles. The highest BCUT2D eigenvalue weighted by atomic mass is 19.1. The molecule has 1 aromatic heterocycles. The van der Waals surface area contributed by atoms with Crippen molar-refractivity contribution in [3.05, 3.63) is 78.0 Å². The Balaban J connectivity index is 1.87. The first kappa shape index (κ1) is 13.4. The maximum absolute atomic E-state index is 13.3. The van der Waals surface area contributed by atoms with Crippen molar-refractivity contribution in [3.8, 4) is 0 Å². The molecular weight excluding hydrogens is 277 g/mol.